The number of hydrogen-bond acceptors (Lipinski definition) is 6. The van der Waals surface area contributed by atoms with Crippen molar-refractivity contribution in [1.29, 1.82) is 0 Å². The van der Waals surface area contributed by atoms with Gasteiger partial charge < -0.3 is 10.2 Å². The van der Waals surface area contributed by atoms with Crippen molar-refractivity contribution >= 4 is 22.9 Å². The quantitative estimate of drug-likeness (QED) is 0.485. The summed E-state index contributed by atoms with van der Waals surface area (Å²) in [5.41, 5.74) is 2.95. The van der Waals surface area contributed by atoms with Gasteiger partial charge in [-0.2, -0.15) is 4.98 Å². The molecule has 4 rings (SSSR count). The lowest BCUT2D eigenvalue weighted by Crippen LogP contribution is -2.55. The SMILES string of the molecule is C=CC(=O)N1CCN(Cc2ccc(C(C)Nc3ncc4ccc(=O)n(CC)c4n3)cc2)[C@@H](C(C)C)C1. The van der Waals surface area contributed by atoms with Crippen LogP contribution in [0.1, 0.15) is 44.9 Å². The molecule has 36 heavy (non-hydrogen) atoms. The van der Waals surface area contributed by atoms with Gasteiger partial charge >= 0.3 is 0 Å². The summed E-state index contributed by atoms with van der Waals surface area (Å²) >= 11 is 0. The van der Waals surface area contributed by atoms with Crippen LogP contribution in [0.2, 0.25) is 0 Å². The lowest BCUT2D eigenvalue weighted by atomic mass is 9.98. The average Bonchev–Trinajstić information content (AvgIpc) is 2.88. The predicted molar refractivity (Wildman–Crippen MR) is 144 cm³/mol. The van der Waals surface area contributed by atoms with Gasteiger partial charge in [0.2, 0.25) is 11.9 Å². The van der Waals surface area contributed by atoms with E-state index in [0.29, 0.717) is 30.1 Å². The number of nitrogens with one attached hydrogen (secondary N) is 1. The summed E-state index contributed by atoms with van der Waals surface area (Å²) in [6.45, 7) is 15.8. The third-order valence-electron chi connectivity index (χ3n) is 7.04. The Hall–Kier alpha value is -3.52. The third-order valence-corrected chi connectivity index (χ3v) is 7.04. The first kappa shape index (κ1) is 25.6. The summed E-state index contributed by atoms with van der Waals surface area (Å²) in [5, 5.41) is 4.21. The van der Waals surface area contributed by atoms with Crippen LogP contribution in [0, 0.1) is 5.92 Å². The number of rotatable bonds is 8. The number of carbonyl (C=O) groups excluding carboxylic acids is 1. The van der Waals surface area contributed by atoms with Gasteiger partial charge in [-0.15, -0.1) is 0 Å². The molecule has 0 aliphatic carbocycles. The standard InChI is InChI=1S/C28H36N6O2/c1-6-25(35)33-15-14-32(24(18-33)19(3)4)17-21-8-10-22(11-9-21)20(5)30-28-29-16-23-12-13-26(36)34(7-2)27(23)31-28/h6,8-13,16,19-20,24H,1,7,14-15,17-18H2,2-5H3,(H,29,30,31)/t20?,24-/m1/s1. The first-order valence-electron chi connectivity index (χ1n) is 12.7. The van der Waals surface area contributed by atoms with E-state index in [9.17, 15) is 9.59 Å². The van der Waals surface area contributed by atoms with Crippen molar-refractivity contribution in [3.63, 3.8) is 0 Å². The van der Waals surface area contributed by atoms with Crippen LogP contribution in [-0.2, 0) is 17.9 Å². The number of pyridine rings is 1. The summed E-state index contributed by atoms with van der Waals surface area (Å²) in [7, 11) is 0. The molecule has 1 saturated heterocycles. The van der Waals surface area contributed by atoms with Crippen molar-refractivity contribution in [2.24, 2.45) is 5.92 Å². The molecule has 2 aromatic heterocycles. The van der Waals surface area contributed by atoms with Crippen LogP contribution >= 0.6 is 0 Å². The molecule has 0 bridgehead atoms. The zero-order valence-corrected chi connectivity index (χ0v) is 21.6. The maximum Gasteiger partial charge on any atom is 0.252 e. The summed E-state index contributed by atoms with van der Waals surface area (Å²) in [6.07, 6.45) is 3.16. The Kier molecular flexibility index (Phi) is 7.84. The molecule has 3 aromatic rings. The van der Waals surface area contributed by atoms with Crippen LogP contribution in [-0.4, -0.2) is 55.9 Å². The maximum absolute atomic E-state index is 12.2. The number of aryl methyl sites for hydroxylation is 1. The molecule has 1 fully saturated rings. The van der Waals surface area contributed by atoms with E-state index < -0.39 is 0 Å². The minimum absolute atomic E-state index is 0.00103. The molecule has 1 aliphatic heterocycles. The number of fused-ring (bicyclic) bond motifs is 1. The van der Waals surface area contributed by atoms with E-state index >= 15 is 0 Å². The maximum atomic E-state index is 12.2. The van der Waals surface area contributed by atoms with Crippen LogP contribution in [0.15, 0.2) is 60.0 Å². The van der Waals surface area contributed by atoms with Crippen molar-refractivity contribution in [1.82, 2.24) is 24.3 Å². The molecule has 1 aliphatic rings. The van der Waals surface area contributed by atoms with E-state index in [1.54, 1.807) is 22.9 Å². The van der Waals surface area contributed by atoms with E-state index in [0.717, 1.165) is 37.1 Å². The van der Waals surface area contributed by atoms with Gasteiger partial charge in [0.05, 0.1) is 6.04 Å². The molecule has 190 valence electrons. The number of piperazine rings is 1. The number of aromatic nitrogens is 3. The Morgan fingerprint density at radius 3 is 2.58 bits per heavy atom. The molecule has 0 spiro atoms. The van der Waals surface area contributed by atoms with Gasteiger partial charge in [0.15, 0.2) is 0 Å². The highest BCUT2D eigenvalue weighted by Gasteiger charge is 2.30. The fourth-order valence-corrected chi connectivity index (χ4v) is 4.88. The van der Waals surface area contributed by atoms with E-state index in [1.165, 1.54) is 11.6 Å². The lowest BCUT2D eigenvalue weighted by molar-refractivity contribution is -0.129. The summed E-state index contributed by atoms with van der Waals surface area (Å²) in [4.78, 5) is 37.7. The van der Waals surface area contributed by atoms with Crippen LogP contribution in [0.5, 0.6) is 0 Å². The minimum atomic E-state index is -0.0632. The van der Waals surface area contributed by atoms with E-state index in [2.05, 4.69) is 71.8 Å². The Morgan fingerprint density at radius 1 is 1.17 bits per heavy atom. The molecule has 3 heterocycles. The van der Waals surface area contributed by atoms with Crippen molar-refractivity contribution in [3.8, 4) is 0 Å². The van der Waals surface area contributed by atoms with E-state index in [4.69, 9.17) is 0 Å². The number of amides is 1. The van der Waals surface area contributed by atoms with E-state index in [-0.39, 0.29) is 17.5 Å². The van der Waals surface area contributed by atoms with Crippen LogP contribution in [0.25, 0.3) is 11.0 Å². The molecule has 1 aromatic carbocycles. The molecular formula is C28H36N6O2. The highest BCUT2D eigenvalue weighted by molar-refractivity contribution is 5.87. The van der Waals surface area contributed by atoms with Crippen LogP contribution in [0.4, 0.5) is 5.95 Å². The zero-order valence-electron chi connectivity index (χ0n) is 21.6. The molecule has 1 amide bonds. The number of nitrogens with zero attached hydrogens (tertiary/aromatic N) is 5. The number of carbonyl (C=O) groups is 1. The van der Waals surface area contributed by atoms with Gasteiger partial charge in [0, 0.05) is 56.4 Å². The van der Waals surface area contributed by atoms with Crippen molar-refractivity contribution < 1.29 is 4.79 Å². The average molecular weight is 489 g/mol. The normalized spacial score (nSPS) is 17.4. The molecule has 1 unspecified atom stereocenters. The smallest absolute Gasteiger partial charge is 0.252 e. The fraction of sp³-hybridized carbons (Fsp3) is 0.429. The summed E-state index contributed by atoms with van der Waals surface area (Å²) in [6, 6.07) is 12.2. The minimum Gasteiger partial charge on any atom is -0.348 e. The van der Waals surface area contributed by atoms with Crippen LogP contribution in [0.3, 0.4) is 0 Å². The van der Waals surface area contributed by atoms with Gasteiger partial charge in [-0.25, -0.2) is 4.98 Å². The number of hydrogen-bond donors (Lipinski definition) is 1. The zero-order chi connectivity index (χ0) is 25.8. The summed E-state index contributed by atoms with van der Waals surface area (Å²) < 4.78 is 1.65. The molecule has 8 nitrogen and oxygen atoms in total. The van der Waals surface area contributed by atoms with Crippen molar-refractivity contribution in [3.05, 3.63) is 76.7 Å². The number of anilines is 1. The second-order valence-electron chi connectivity index (χ2n) is 9.77. The Labute approximate surface area is 212 Å². The fourth-order valence-electron chi connectivity index (χ4n) is 4.88. The Bertz CT molecular complexity index is 1280. The summed E-state index contributed by atoms with van der Waals surface area (Å²) in [5.74, 6) is 0.957. The highest BCUT2D eigenvalue weighted by atomic mass is 16.2. The van der Waals surface area contributed by atoms with Gasteiger partial charge in [0.1, 0.15) is 5.65 Å². The molecule has 8 heteroatoms. The first-order valence-corrected chi connectivity index (χ1v) is 12.7. The largest absolute Gasteiger partial charge is 0.348 e. The molecule has 0 radical (unpaired) electrons. The first-order chi connectivity index (χ1) is 17.3. The van der Waals surface area contributed by atoms with E-state index in [1.807, 2.05) is 11.8 Å². The topological polar surface area (TPSA) is 83.4 Å². The van der Waals surface area contributed by atoms with Gasteiger partial charge in [-0.3, -0.25) is 19.1 Å². The Morgan fingerprint density at radius 2 is 1.92 bits per heavy atom. The van der Waals surface area contributed by atoms with Crippen LogP contribution < -0.4 is 10.9 Å². The molecule has 0 saturated carbocycles. The number of benzene rings is 1. The van der Waals surface area contributed by atoms with Gasteiger partial charge in [-0.05, 0) is 43.0 Å². The third kappa shape index (κ3) is 5.49. The highest BCUT2D eigenvalue weighted by Crippen LogP contribution is 2.23. The Balaban J connectivity index is 1.43. The molecule has 1 N–H and O–H groups in total. The van der Waals surface area contributed by atoms with Gasteiger partial charge in [-0.1, -0.05) is 44.7 Å². The van der Waals surface area contributed by atoms with Gasteiger partial charge in [0.25, 0.3) is 5.56 Å². The lowest BCUT2D eigenvalue weighted by Gasteiger charge is -2.43. The second-order valence-corrected chi connectivity index (χ2v) is 9.77. The molecular weight excluding hydrogens is 452 g/mol. The van der Waals surface area contributed by atoms with Crippen molar-refractivity contribution in [2.45, 2.75) is 52.9 Å². The second kappa shape index (κ2) is 11.0. The van der Waals surface area contributed by atoms with Crippen molar-refractivity contribution in [2.75, 3.05) is 25.0 Å². The predicted octanol–water partition coefficient (Wildman–Crippen LogP) is 3.84. The molecule has 2 atom stereocenters. The monoisotopic (exact) mass is 488 g/mol.